The molecule has 0 unspecified atom stereocenters. The van der Waals surface area contributed by atoms with Gasteiger partial charge in [-0.15, -0.1) is 0 Å². The van der Waals surface area contributed by atoms with E-state index in [1.165, 1.54) is 66.4 Å². The lowest BCUT2D eigenvalue weighted by Crippen LogP contribution is -2.62. The summed E-state index contributed by atoms with van der Waals surface area (Å²) in [7, 11) is -3.00. The fourth-order valence-corrected chi connectivity index (χ4v) is 9.43. The molecule has 0 bridgehead atoms. The summed E-state index contributed by atoms with van der Waals surface area (Å²) in [4.78, 5) is 5.08. The summed E-state index contributed by atoms with van der Waals surface area (Å²) in [5.74, 6) is 0. The Balaban J connectivity index is 1.60. The van der Waals surface area contributed by atoms with E-state index in [4.69, 9.17) is 0 Å². The lowest BCUT2D eigenvalue weighted by atomic mass is 9.33. The minimum atomic E-state index is -1.57. The summed E-state index contributed by atoms with van der Waals surface area (Å²) < 4.78 is 0. The van der Waals surface area contributed by atoms with E-state index in [-0.39, 0.29) is 12.1 Å². The first-order valence-corrected chi connectivity index (χ1v) is 23.4. The average Bonchev–Trinajstić information content (AvgIpc) is 2.99. The van der Waals surface area contributed by atoms with Gasteiger partial charge in [0.05, 0.1) is 16.1 Å². The van der Waals surface area contributed by atoms with E-state index in [0.717, 1.165) is 0 Å². The molecule has 0 saturated heterocycles. The van der Waals surface area contributed by atoms with Crippen LogP contribution in [0.15, 0.2) is 109 Å². The van der Waals surface area contributed by atoms with Crippen LogP contribution < -0.4 is 36.6 Å². The van der Waals surface area contributed by atoms with Gasteiger partial charge in [-0.1, -0.05) is 131 Å². The summed E-state index contributed by atoms with van der Waals surface area (Å²) in [6.45, 7) is 21.9. The zero-order chi connectivity index (χ0) is 31.9. The number of hydrogen-bond acceptors (Lipinski definition) is 2. The molecule has 2 aliphatic heterocycles. The number of nitrogens with zero attached hydrogens (tertiary/aromatic N) is 2. The van der Waals surface area contributed by atoms with Crippen LogP contribution in [-0.4, -0.2) is 22.9 Å². The Kier molecular flexibility index (Phi) is 6.88. The zero-order valence-corrected chi connectivity index (χ0v) is 30.4. The fraction of sp³-hybridized carbons (Fsp3) is 0.250. The Morgan fingerprint density at radius 1 is 0.489 bits per heavy atom. The summed E-state index contributed by atoms with van der Waals surface area (Å²) >= 11 is 0. The minimum absolute atomic E-state index is 0.0182. The maximum Gasteiger partial charge on any atom is 0.252 e. The van der Waals surface area contributed by atoms with Crippen LogP contribution in [0.2, 0.25) is 39.3 Å². The van der Waals surface area contributed by atoms with E-state index >= 15 is 0 Å². The van der Waals surface area contributed by atoms with Crippen molar-refractivity contribution >= 4 is 83.7 Å². The third-order valence-corrected chi connectivity index (χ3v) is 13.8. The van der Waals surface area contributed by atoms with Gasteiger partial charge in [0.1, 0.15) is 0 Å². The second-order valence-electron chi connectivity index (χ2n) is 16.0. The molecule has 0 N–H and O–H groups in total. The number of anilines is 6. The van der Waals surface area contributed by atoms with Crippen LogP contribution in [0, 0.1) is 0 Å². The van der Waals surface area contributed by atoms with Crippen molar-refractivity contribution in [2.24, 2.45) is 0 Å². The quantitative estimate of drug-likeness (QED) is 0.183. The molecule has 226 valence electrons. The monoisotopic (exact) mass is 620 g/mol. The second-order valence-corrected chi connectivity index (χ2v) is 26.2. The van der Waals surface area contributed by atoms with Gasteiger partial charge in [0.15, 0.2) is 0 Å². The highest BCUT2D eigenvalue weighted by atomic mass is 28.3. The number of hydrogen-bond donors (Lipinski definition) is 0. The molecule has 0 aromatic heterocycles. The first kappa shape index (κ1) is 29.9. The molecule has 5 heteroatoms. The van der Waals surface area contributed by atoms with Gasteiger partial charge >= 0.3 is 0 Å². The molecule has 0 saturated carbocycles. The van der Waals surface area contributed by atoms with Crippen molar-refractivity contribution in [1.29, 1.82) is 0 Å². The van der Waals surface area contributed by atoms with Crippen molar-refractivity contribution in [2.75, 3.05) is 9.80 Å². The second kappa shape index (κ2) is 10.4. The van der Waals surface area contributed by atoms with Crippen LogP contribution in [-0.2, 0) is 5.41 Å². The van der Waals surface area contributed by atoms with Crippen LogP contribution in [0.3, 0.4) is 0 Å². The van der Waals surface area contributed by atoms with Crippen LogP contribution in [0.5, 0.6) is 0 Å². The first-order valence-electron chi connectivity index (χ1n) is 16.4. The largest absolute Gasteiger partial charge is 0.311 e. The molecule has 0 atom stereocenters. The normalized spacial score (nSPS) is 14.2. The molecule has 0 amide bonds. The van der Waals surface area contributed by atoms with Crippen LogP contribution in [0.4, 0.5) is 34.1 Å². The van der Waals surface area contributed by atoms with Gasteiger partial charge in [-0.2, -0.15) is 0 Å². The van der Waals surface area contributed by atoms with Crippen LogP contribution in [0.1, 0.15) is 26.3 Å². The number of para-hydroxylation sites is 2. The Bertz CT molecular complexity index is 1910. The molecule has 0 radical (unpaired) electrons. The molecule has 7 rings (SSSR count). The number of fused-ring (bicyclic) bond motifs is 4. The highest BCUT2D eigenvalue weighted by Gasteiger charge is 2.44. The molecular formula is C40H45BN2Si2. The molecular weight excluding hydrogens is 575 g/mol. The fourth-order valence-electron chi connectivity index (χ4n) is 7.09. The highest BCUT2D eigenvalue weighted by Crippen LogP contribution is 2.45. The van der Waals surface area contributed by atoms with Gasteiger partial charge in [0, 0.05) is 34.1 Å². The van der Waals surface area contributed by atoms with Crippen molar-refractivity contribution in [3.8, 4) is 0 Å². The van der Waals surface area contributed by atoms with E-state index in [1.807, 2.05) is 0 Å². The molecule has 2 aliphatic rings. The van der Waals surface area contributed by atoms with Crippen molar-refractivity contribution in [3.63, 3.8) is 0 Å². The van der Waals surface area contributed by atoms with Gasteiger partial charge in [-0.25, -0.2) is 0 Å². The van der Waals surface area contributed by atoms with Gasteiger partial charge in [-0.05, 0) is 75.9 Å². The molecule has 2 nitrogen and oxygen atoms in total. The lowest BCUT2D eigenvalue weighted by molar-refractivity contribution is 0.590. The summed E-state index contributed by atoms with van der Waals surface area (Å²) in [6.07, 6.45) is 0. The van der Waals surface area contributed by atoms with Gasteiger partial charge in [-0.3, -0.25) is 0 Å². The molecule has 5 aromatic rings. The van der Waals surface area contributed by atoms with Crippen molar-refractivity contribution in [2.45, 2.75) is 65.5 Å². The maximum absolute atomic E-state index is 2.57. The van der Waals surface area contributed by atoms with Crippen LogP contribution in [0.25, 0.3) is 0 Å². The maximum atomic E-state index is 2.57. The van der Waals surface area contributed by atoms with E-state index in [9.17, 15) is 0 Å². The van der Waals surface area contributed by atoms with Crippen molar-refractivity contribution < 1.29 is 0 Å². The standard InChI is InChI=1S/C40H45BN2Si2/c1-40(2,3)28-25-37-39-38(26-28)43(30-19-21-31(22-20-30)44(4,5)6)36-24-23-32(45(7,8)9)27-34(36)41(39)33-17-13-14-18-35(33)42(37)29-15-11-10-12-16-29/h10-27H,1-9H3. The lowest BCUT2D eigenvalue weighted by Gasteiger charge is -2.45. The molecule has 0 aliphatic carbocycles. The predicted octanol–water partition coefficient (Wildman–Crippen LogP) is 8.16. The summed E-state index contributed by atoms with van der Waals surface area (Å²) in [6, 6.07) is 41.9. The Hall–Kier alpha value is -3.80. The SMILES string of the molecule is CC(C)(C)c1cc2c3c(c1)N(c1ccc([Si](C)(C)C)cc1)c1ccc([Si](C)(C)C)cc1B3c1ccccc1N2c1ccccc1. The van der Waals surface area contributed by atoms with E-state index in [0.29, 0.717) is 0 Å². The average molecular weight is 621 g/mol. The molecule has 5 aromatic carbocycles. The Morgan fingerprint density at radius 3 is 1.58 bits per heavy atom. The molecule has 2 heterocycles. The van der Waals surface area contributed by atoms with Crippen molar-refractivity contribution in [1.82, 2.24) is 0 Å². The molecule has 0 spiro atoms. The Morgan fingerprint density at radius 2 is 1.00 bits per heavy atom. The third kappa shape index (κ3) is 5.01. The third-order valence-electron chi connectivity index (χ3n) is 9.71. The topological polar surface area (TPSA) is 6.48 Å². The number of rotatable bonds is 4. The Labute approximate surface area is 272 Å². The zero-order valence-electron chi connectivity index (χ0n) is 28.4. The summed E-state index contributed by atoms with van der Waals surface area (Å²) in [5.41, 5.74) is 13.1. The van der Waals surface area contributed by atoms with E-state index < -0.39 is 16.1 Å². The van der Waals surface area contributed by atoms with Crippen LogP contribution >= 0.6 is 0 Å². The number of benzene rings is 5. The summed E-state index contributed by atoms with van der Waals surface area (Å²) in [5, 5.41) is 3.00. The molecule has 45 heavy (non-hydrogen) atoms. The van der Waals surface area contributed by atoms with E-state index in [1.54, 1.807) is 0 Å². The van der Waals surface area contributed by atoms with Gasteiger partial charge in [0.25, 0.3) is 6.71 Å². The predicted molar refractivity (Wildman–Crippen MR) is 205 cm³/mol. The molecule has 0 fully saturated rings. The minimum Gasteiger partial charge on any atom is -0.311 e. The van der Waals surface area contributed by atoms with Gasteiger partial charge < -0.3 is 9.80 Å². The van der Waals surface area contributed by atoms with E-state index in [2.05, 4.69) is 179 Å². The van der Waals surface area contributed by atoms with Gasteiger partial charge in [0.2, 0.25) is 0 Å². The highest BCUT2D eigenvalue weighted by molar-refractivity contribution is 7.01. The first-order chi connectivity index (χ1) is 21.2. The smallest absolute Gasteiger partial charge is 0.252 e. The van der Waals surface area contributed by atoms with Crippen molar-refractivity contribution in [3.05, 3.63) is 115 Å².